The molecule has 0 saturated carbocycles. The van der Waals surface area contributed by atoms with Gasteiger partial charge in [-0.15, -0.1) is 0 Å². The minimum Gasteiger partial charge on any atom is -0.384 e. The lowest BCUT2D eigenvalue weighted by atomic mass is 10.4. The van der Waals surface area contributed by atoms with Crippen molar-refractivity contribution in [3.63, 3.8) is 0 Å². The topological polar surface area (TPSA) is 56.7 Å². The van der Waals surface area contributed by atoms with E-state index in [1.54, 1.807) is 0 Å². The standard InChI is InChI=1S/C8H7BrN4/c9-6-3-12-13(5-6)7-1-2-8(10)11-4-7/h1-5H,(H2,10,11)/i1D,2D,3D,4D,5D. The van der Waals surface area contributed by atoms with Crippen LogP contribution in [0.3, 0.4) is 0 Å². The van der Waals surface area contributed by atoms with Crippen molar-refractivity contribution in [3.05, 3.63) is 35.1 Å². The Morgan fingerprint density at radius 2 is 2.31 bits per heavy atom. The third kappa shape index (κ3) is 1.70. The molecule has 2 aromatic rings. The van der Waals surface area contributed by atoms with Gasteiger partial charge in [0.2, 0.25) is 0 Å². The zero-order chi connectivity index (χ0) is 13.6. The van der Waals surface area contributed by atoms with E-state index in [2.05, 4.69) is 26.0 Å². The minimum atomic E-state index is -0.364. The lowest BCUT2D eigenvalue weighted by Gasteiger charge is -1.99. The van der Waals surface area contributed by atoms with E-state index in [1.165, 1.54) is 0 Å². The van der Waals surface area contributed by atoms with Gasteiger partial charge >= 0.3 is 0 Å². The molecule has 2 aromatic heterocycles. The van der Waals surface area contributed by atoms with Crippen LogP contribution in [0.25, 0.3) is 5.69 Å². The predicted octanol–water partition coefficient (Wildman–Crippen LogP) is 1.61. The van der Waals surface area contributed by atoms with Crippen LogP contribution in [0.4, 0.5) is 5.82 Å². The molecule has 2 N–H and O–H groups in total. The highest BCUT2D eigenvalue weighted by molar-refractivity contribution is 9.10. The van der Waals surface area contributed by atoms with Crippen molar-refractivity contribution in [2.45, 2.75) is 0 Å². The number of hydrogen-bond donors (Lipinski definition) is 1. The fourth-order valence-corrected chi connectivity index (χ4v) is 0.983. The monoisotopic (exact) mass is 243 g/mol. The highest BCUT2D eigenvalue weighted by atomic mass is 79.9. The van der Waals surface area contributed by atoms with Gasteiger partial charge in [0.1, 0.15) is 5.82 Å². The molecule has 0 aliphatic carbocycles. The van der Waals surface area contributed by atoms with Gasteiger partial charge < -0.3 is 5.73 Å². The maximum atomic E-state index is 7.74. The second kappa shape index (κ2) is 3.18. The van der Waals surface area contributed by atoms with Crippen molar-refractivity contribution in [1.29, 1.82) is 0 Å². The molecule has 66 valence electrons. The molecule has 2 rings (SSSR count). The minimum absolute atomic E-state index is 0.140. The van der Waals surface area contributed by atoms with Crippen LogP contribution < -0.4 is 5.73 Å². The molecule has 0 atom stereocenters. The van der Waals surface area contributed by atoms with Crippen LogP contribution in [0.15, 0.2) is 35.1 Å². The zero-order valence-electron chi connectivity index (χ0n) is 11.3. The number of aromatic nitrogens is 3. The molecule has 0 unspecified atom stereocenters. The average Bonchev–Trinajstić information content (AvgIpc) is 2.55. The Morgan fingerprint density at radius 1 is 1.46 bits per heavy atom. The number of rotatable bonds is 1. The predicted molar refractivity (Wildman–Crippen MR) is 53.5 cm³/mol. The number of pyridine rings is 1. The number of nitrogens with two attached hydrogens (primary N) is 1. The maximum Gasteiger partial charge on any atom is 0.123 e. The summed E-state index contributed by atoms with van der Waals surface area (Å²) in [4.78, 5) is 3.61. The summed E-state index contributed by atoms with van der Waals surface area (Å²) in [6.45, 7) is 0. The van der Waals surface area contributed by atoms with Crippen LogP contribution in [0, 0.1) is 0 Å². The Morgan fingerprint density at radius 3 is 3.00 bits per heavy atom. The van der Waals surface area contributed by atoms with Crippen LogP contribution in [0.1, 0.15) is 6.85 Å². The maximum absolute atomic E-state index is 7.74. The Kier molecular flexibility index (Phi) is 1.04. The SMILES string of the molecule is [2H]c1nn(-c2c([2H])nc(N)c([2H])c2[2H])c([2H])c1Br. The van der Waals surface area contributed by atoms with E-state index in [9.17, 15) is 0 Å². The lowest BCUT2D eigenvalue weighted by molar-refractivity contribution is 0.874. The third-order valence-electron chi connectivity index (χ3n) is 1.26. The summed E-state index contributed by atoms with van der Waals surface area (Å²) in [5, 5.41) is 3.72. The second-order valence-electron chi connectivity index (χ2n) is 2.16. The Balaban J connectivity index is 2.79. The van der Waals surface area contributed by atoms with Gasteiger partial charge in [-0.25, -0.2) is 9.67 Å². The van der Waals surface area contributed by atoms with E-state index in [1.807, 2.05) is 0 Å². The molecule has 2 heterocycles. The van der Waals surface area contributed by atoms with Gasteiger partial charge in [0.25, 0.3) is 0 Å². The smallest absolute Gasteiger partial charge is 0.123 e. The van der Waals surface area contributed by atoms with Crippen molar-refractivity contribution in [2.24, 2.45) is 0 Å². The number of nitrogen functional groups attached to an aromatic ring is 1. The van der Waals surface area contributed by atoms with Crippen LogP contribution in [-0.4, -0.2) is 14.8 Å². The van der Waals surface area contributed by atoms with E-state index in [0.29, 0.717) is 0 Å². The summed E-state index contributed by atoms with van der Waals surface area (Å²) >= 11 is 3.01. The summed E-state index contributed by atoms with van der Waals surface area (Å²) in [6, 6.07) is -0.686. The molecule has 13 heavy (non-hydrogen) atoms. The molecule has 0 saturated heterocycles. The molecule has 4 nitrogen and oxygen atoms in total. The first-order valence-electron chi connectivity index (χ1n) is 5.80. The summed E-state index contributed by atoms with van der Waals surface area (Å²) < 4.78 is 39.2. The number of anilines is 1. The summed E-state index contributed by atoms with van der Waals surface area (Å²) in [7, 11) is 0. The van der Waals surface area contributed by atoms with E-state index in [0.717, 1.165) is 4.68 Å². The van der Waals surface area contributed by atoms with Crippen molar-refractivity contribution in [3.8, 4) is 5.69 Å². The normalized spacial score (nSPS) is 15.6. The first kappa shape index (κ1) is 4.23. The van der Waals surface area contributed by atoms with E-state index < -0.39 is 0 Å². The lowest BCUT2D eigenvalue weighted by Crippen LogP contribution is -1.96. The third-order valence-corrected chi connectivity index (χ3v) is 1.61. The number of hydrogen-bond acceptors (Lipinski definition) is 3. The van der Waals surface area contributed by atoms with E-state index in [-0.39, 0.29) is 46.6 Å². The van der Waals surface area contributed by atoms with Crippen LogP contribution in [0.2, 0.25) is 0 Å². The van der Waals surface area contributed by atoms with Crippen molar-refractivity contribution >= 4 is 21.7 Å². The molecular weight excluding hydrogens is 232 g/mol. The Labute approximate surface area is 90.5 Å². The molecule has 0 aliphatic rings. The number of nitrogens with zero attached hydrogens (tertiary/aromatic N) is 3. The van der Waals surface area contributed by atoms with Gasteiger partial charge in [0, 0.05) is 6.17 Å². The molecule has 0 fully saturated rings. The first-order chi connectivity index (χ1) is 8.34. The van der Waals surface area contributed by atoms with Gasteiger partial charge in [0.15, 0.2) is 0 Å². The van der Waals surface area contributed by atoms with Gasteiger partial charge in [-0.1, -0.05) is 0 Å². The molecular formula is C8H7BrN4. The van der Waals surface area contributed by atoms with Gasteiger partial charge in [-0.2, -0.15) is 5.10 Å². The summed E-state index contributed by atoms with van der Waals surface area (Å²) in [6.07, 6.45) is -0.743. The van der Waals surface area contributed by atoms with Crippen LogP contribution >= 0.6 is 15.9 Å². The van der Waals surface area contributed by atoms with Gasteiger partial charge in [-0.3, -0.25) is 0 Å². The van der Waals surface area contributed by atoms with E-state index in [4.69, 9.17) is 12.6 Å². The van der Waals surface area contributed by atoms with Gasteiger partial charge in [-0.05, 0) is 28.0 Å². The summed E-state index contributed by atoms with van der Waals surface area (Å²) in [5.74, 6) is -0.224. The molecule has 0 aromatic carbocycles. The van der Waals surface area contributed by atoms with Crippen molar-refractivity contribution < 1.29 is 6.85 Å². The second-order valence-corrected chi connectivity index (χ2v) is 2.95. The molecule has 0 bridgehead atoms. The van der Waals surface area contributed by atoms with Gasteiger partial charge in [0.05, 0.1) is 29.4 Å². The molecule has 0 spiro atoms. The fraction of sp³-hybridized carbons (Fsp3) is 0. The average molecular weight is 244 g/mol. The first-order valence-corrected chi connectivity index (χ1v) is 4.09. The van der Waals surface area contributed by atoms with Crippen LogP contribution in [0.5, 0.6) is 0 Å². The van der Waals surface area contributed by atoms with E-state index >= 15 is 0 Å². The zero-order valence-corrected chi connectivity index (χ0v) is 7.88. The Bertz CT molecular complexity index is 641. The molecule has 5 heteroatoms. The Hall–Kier alpha value is -1.36. The quantitative estimate of drug-likeness (QED) is 0.829. The highest BCUT2D eigenvalue weighted by Crippen LogP contribution is 2.11. The van der Waals surface area contributed by atoms with Crippen LogP contribution in [-0.2, 0) is 0 Å². The highest BCUT2D eigenvalue weighted by Gasteiger charge is 1.98. The van der Waals surface area contributed by atoms with Crippen molar-refractivity contribution in [1.82, 2.24) is 14.8 Å². The summed E-state index contributed by atoms with van der Waals surface area (Å²) in [5.41, 5.74) is 5.24. The largest absolute Gasteiger partial charge is 0.384 e. The number of halogens is 1. The molecule has 0 radical (unpaired) electrons. The fourth-order valence-electron chi connectivity index (χ4n) is 0.735. The molecule has 0 amide bonds. The van der Waals surface area contributed by atoms with Crippen molar-refractivity contribution in [2.75, 3.05) is 5.73 Å². The molecule has 0 aliphatic heterocycles.